The molecule has 0 spiro atoms. The minimum Gasteiger partial charge on any atom is -0.494 e. The second-order valence-corrected chi connectivity index (χ2v) is 5.45. The van der Waals surface area contributed by atoms with E-state index >= 15 is 0 Å². The van der Waals surface area contributed by atoms with E-state index in [1.807, 2.05) is 24.3 Å². The molecule has 0 fully saturated rings. The third-order valence-electron chi connectivity index (χ3n) is 2.00. The fourth-order valence-corrected chi connectivity index (χ4v) is 2.63. The van der Waals surface area contributed by atoms with Gasteiger partial charge in [0.05, 0.1) is 6.61 Å². The molecule has 0 saturated carbocycles. The summed E-state index contributed by atoms with van der Waals surface area (Å²) in [7, 11) is 0. The maximum Gasteiger partial charge on any atom is 0.169 e. The fourth-order valence-electron chi connectivity index (χ4n) is 1.20. The van der Waals surface area contributed by atoms with Gasteiger partial charge in [-0.15, -0.1) is 0 Å². The predicted molar refractivity (Wildman–Crippen MR) is 71.6 cm³/mol. The zero-order chi connectivity index (χ0) is 11.9. The van der Waals surface area contributed by atoms with Crippen LogP contribution in [0.25, 0.3) is 0 Å². The Morgan fingerprint density at radius 2 is 2.12 bits per heavy atom. The van der Waals surface area contributed by atoms with Crippen LogP contribution in [0, 0.1) is 0 Å². The molecular formula is C11H13N3OS2. The summed E-state index contributed by atoms with van der Waals surface area (Å²) in [5, 5.41) is 0. The van der Waals surface area contributed by atoms with E-state index in [0.29, 0.717) is 6.61 Å². The number of benzene rings is 1. The van der Waals surface area contributed by atoms with Crippen LogP contribution in [0.5, 0.6) is 5.75 Å². The van der Waals surface area contributed by atoms with Gasteiger partial charge in [0.15, 0.2) is 4.34 Å². The number of rotatable bonds is 6. The van der Waals surface area contributed by atoms with Crippen molar-refractivity contribution < 1.29 is 4.74 Å². The zero-order valence-electron chi connectivity index (χ0n) is 9.20. The number of anilines is 1. The molecule has 2 N–H and O–H groups in total. The Kier molecular flexibility index (Phi) is 4.63. The number of nitrogens with two attached hydrogens (primary N) is 1. The molecule has 0 aliphatic carbocycles. The molecule has 1 heterocycles. The number of ether oxygens (including phenoxy) is 1. The number of aromatic nitrogens is 2. The summed E-state index contributed by atoms with van der Waals surface area (Å²) in [6.45, 7) is 0.704. The van der Waals surface area contributed by atoms with Crippen molar-refractivity contribution in [1.82, 2.24) is 9.36 Å². The van der Waals surface area contributed by atoms with Gasteiger partial charge in [-0.25, -0.2) is 4.98 Å². The third-order valence-corrected chi connectivity index (χ3v) is 3.89. The molecule has 0 amide bonds. The molecular weight excluding hydrogens is 254 g/mol. The average Bonchev–Trinajstić information content (AvgIpc) is 2.84. The lowest BCUT2D eigenvalue weighted by molar-refractivity contribution is 0.319. The van der Waals surface area contributed by atoms with Gasteiger partial charge in [-0.3, -0.25) is 0 Å². The highest BCUT2D eigenvalue weighted by Gasteiger charge is 1.98. The van der Waals surface area contributed by atoms with E-state index in [1.54, 1.807) is 18.1 Å². The molecule has 0 atom stereocenters. The topological polar surface area (TPSA) is 61.0 Å². The van der Waals surface area contributed by atoms with Crippen molar-refractivity contribution in [3.05, 3.63) is 30.6 Å². The molecule has 0 unspecified atom stereocenters. The van der Waals surface area contributed by atoms with Gasteiger partial charge >= 0.3 is 0 Å². The molecule has 6 heteroatoms. The van der Waals surface area contributed by atoms with Gasteiger partial charge in [0.25, 0.3) is 0 Å². The molecule has 2 rings (SSSR count). The van der Waals surface area contributed by atoms with Crippen molar-refractivity contribution in [1.29, 1.82) is 0 Å². The Hall–Kier alpha value is -1.27. The maximum absolute atomic E-state index is 5.59. The Balaban J connectivity index is 1.61. The summed E-state index contributed by atoms with van der Waals surface area (Å²) >= 11 is 3.14. The Bertz CT molecular complexity index is 430. The monoisotopic (exact) mass is 267 g/mol. The Morgan fingerprint density at radius 3 is 2.82 bits per heavy atom. The first-order chi connectivity index (χ1) is 8.34. The molecule has 0 saturated heterocycles. The van der Waals surface area contributed by atoms with E-state index < -0.39 is 0 Å². The zero-order valence-corrected chi connectivity index (χ0v) is 10.8. The first-order valence-corrected chi connectivity index (χ1v) is 6.98. The van der Waals surface area contributed by atoms with Gasteiger partial charge in [0.2, 0.25) is 0 Å². The molecule has 0 aliphatic rings. The molecule has 4 nitrogen and oxygen atoms in total. The SMILES string of the molecule is Nc1ccc(OCCCSc2ncns2)cc1. The Labute approximate surface area is 108 Å². The number of nitrogen functional groups attached to an aromatic ring is 1. The highest BCUT2D eigenvalue weighted by molar-refractivity contribution is 8.00. The molecule has 0 radical (unpaired) electrons. The number of nitrogens with zero attached hydrogens (tertiary/aromatic N) is 2. The van der Waals surface area contributed by atoms with Gasteiger partial charge < -0.3 is 10.5 Å². The third kappa shape index (κ3) is 4.24. The van der Waals surface area contributed by atoms with Gasteiger partial charge in [-0.2, -0.15) is 4.37 Å². The van der Waals surface area contributed by atoms with Gasteiger partial charge in [-0.1, -0.05) is 11.8 Å². The number of hydrogen-bond donors (Lipinski definition) is 1. The van der Waals surface area contributed by atoms with Crippen LogP contribution in [0.4, 0.5) is 5.69 Å². The minimum absolute atomic E-state index is 0.704. The van der Waals surface area contributed by atoms with Crippen LogP contribution in [0.15, 0.2) is 34.9 Å². The van der Waals surface area contributed by atoms with Crippen LogP contribution in [-0.2, 0) is 0 Å². The number of thioether (sulfide) groups is 1. The lowest BCUT2D eigenvalue weighted by Gasteiger charge is -2.05. The molecule has 2 aromatic rings. The van der Waals surface area contributed by atoms with Gasteiger partial charge in [0, 0.05) is 11.4 Å². The molecule has 0 bridgehead atoms. The van der Waals surface area contributed by atoms with E-state index in [2.05, 4.69) is 9.36 Å². The number of hydrogen-bond acceptors (Lipinski definition) is 6. The Morgan fingerprint density at radius 1 is 1.29 bits per heavy atom. The quantitative estimate of drug-likeness (QED) is 0.495. The summed E-state index contributed by atoms with van der Waals surface area (Å²) in [4.78, 5) is 4.10. The summed E-state index contributed by atoms with van der Waals surface area (Å²) < 4.78 is 10.5. The smallest absolute Gasteiger partial charge is 0.169 e. The summed E-state index contributed by atoms with van der Waals surface area (Å²) in [5.74, 6) is 1.85. The van der Waals surface area contributed by atoms with Gasteiger partial charge in [0.1, 0.15) is 12.1 Å². The van der Waals surface area contributed by atoms with E-state index in [4.69, 9.17) is 10.5 Å². The molecule has 90 valence electrons. The largest absolute Gasteiger partial charge is 0.494 e. The fraction of sp³-hybridized carbons (Fsp3) is 0.273. The summed E-state index contributed by atoms with van der Waals surface area (Å²) in [6, 6.07) is 7.44. The van der Waals surface area contributed by atoms with Crippen LogP contribution in [0.1, 0.15) is 6.42 Å². The lowest BCUT2D eigenvalue weighted by atomic mass is 10.3. The van der Waals surface area contributed by atoms with Crippen molar-refractivity contribution >= 4 is 29.0 Å². The van der Waals surface area contributed by atoms with Crippen molar-refractivity contribution in [3.8, 4) is 5.75 Å². The van der Waals surface area contributed by atoms with Crippen molar-refractivity contribution in [2.24, 2.45) is 0 Å². The first-order valence-electron chi connectivity index (χ1n) is 5.22. The molecule has 17 heavy (non-hydrogen) atoms. The lowest BCUT2D eigenvalue weighted by Crippen LogP contribution is -1.98. The summed E-state index contributed by atoms with van der Waals surface area (Å²) in [5.41, 5.74) is 6.34. The molecule has 1 aromatic heterocycles. The standard InChI is InChI=1S/C11H13N3OS2/c12-9-2-4-10(5-3-9)15-6-1-7-16-11-13-8-14-17-11/h2-5,8H,1,6-7,12H2. The van der Waals surface area contributed by atoms with E-state index in [1.165, 1.54) is 11.5 Å². The van der Waals surface area contributed by atoms with E-state index in [9.17, 15) is 0 Å². The summed E-state index contributed by atoms with van der Waals surface area (Å²) in [6.07, 6.45) is 2.56. The van der Waals surface area contributed by atoms with Crippen LogP contribution in [0.2, 0.25) is 0 Å². The maximum atomic E-state index is 5.59. The van der Waals surface area contributed by atoms with Crippen LogP contribution in [-0.4, -0.2) is 21.7 Å². The van der Waals surface area contributed by atoms with Crippen LogP contribution in [0.3, 0.4) is 0 Å². The highest BCUT2D eigenvalue weighted by atomic mass is 32.2. The second kappa shape index (κ2) is 6.46. The van der Waals surface area contributed by atoms with Crippen molar-refractivity contribution in [2.75, 3.05) is 18.1 Å². The molecule has 1 aromatic carbocycles. The van der Waals surface area contributed by atoms with Crippen molar-refractivity contribution in [3.63, 3.8) is 0 Å². The average molecular weight is 267 g/mol. The highest BCUT2D eigenvalue weighted by Crippen LogP contribution is 2.19. The van der Waals surface area contributed by atoms with Gasteiger partial charge in [-0.05, 0) is 42.2 Å². The van der Waals surface area contributed by atoms with E-state index in [0.717, 1.165) is 28.0 Å². The van der Waals surface area contributed by atoms with Crippen molar-refractivity contribution in [2.45, 2.75) is 10.8 Å². The van der Waals surface area contributed by atoms with Crippen LogP contribution < -0.4 is 10.5 Å². The first kappa shape index (κ1) is 12.2. The normalized spacial score (nSPS) is 10.4. The predicted octanol–water partition coefficient (Wildman–Crippen LogP) is 2.68. The minimum atomic E-state index is 0.704. The second-order valence-electron chi connectivity index (χ2n) is 3.33. The van der Waals surface area contributed by atoms with Crippen LogP contribution >= 0.6 is 23.3 Å². The van der Waals surface area contributed by atoms with E-state index in [-0.39, 0.29) is 0 Å². The molecule has 0 aliphatic heterocycles.